The van der Waals surface area contributed by atoms with Crippen molar-refractivity contribution >= 4 is 50.6 Å². The number of pyridine rings is 1. The Morgan fingerprint density at radius 2 is 1.78 bits per heavy atom. The van der Waals surface area contributed by atoms with Gasteiger partial charge < -0.3 is 10.2 Å². The molecular formula is C16H16Cl2N6O2S. The zero-order valence-electron chi connectivity index (χ0n) is 14.7. The van der Waals surface area contributed by atoms with E-state index in [2.05, 4.69) is 25.5 Å². The minimum atomic E-state index is -3.40. The van der Waals surface area contributed by atoms with E-state index in [4.69, 9.17) is 23.2 Å². The Morgan fingerprint density at radius 1 is 1.11 bits per heavy atom. The van der Waals surface area contributed by atoms with Crippen LogP contribution in [0.2, 0.25) is 10.0 Å². The summed E-state index contributed by atoms with van der Waals surface area (Å²) in [4.78, 5) is 10.1. The van der Waals surface area contributed by atoms with Crippen molar-refractivity contribution in [1.29, 1.82) is 0 Å². The number of sulfone groups is 1. The molecule has 0 atom stereocenters. The third kappa shape index (κ3) is 4.32. The molecular weight excluding hydrogens is 411 g/mol. The molecule has 0 aliphatic carbocycles. The first-order valence-electron chi connectivity index (χ1n) is 7.66. The highest BCUT2D eigenvalue weighted by Gasteiger charge is 2.15. The smallest absolute Gasteiger partial charge is 0.245 e. The molecule has 1 aromatic carbocycles. The van der Waals surface area contributed by atoms with Gasteiger partial charge in [0.25, 0.3) is 0 Å². The Balaban J connectivity index is 1.96. The molecule has 3 aromatic rings. The molecule has 8 nitrogen and oxygen atoms in total. The first kappa shape index (κ1) is 19.4. The van der Waals surface area contributed by atoms with Crippen LogP contribution in [0.15, 0.2) is 35.5 Å². The number of nitrogens with zero attached hydrogens (tertiary/aromatic N) is 4. The monoisotopic (exact) mass is 426 g/mol. The van der Waals surface area contributed by atoms with Crippen LogP contribution in [0.1, 0.15) is 0 Å². The summed E-state index contributed by atoms with van der Waals surface area (Å²) in [7, 11) is 0.258. The number of H-pyrrole nitrogens is 1. The number of aromatic amines is 1. The molecule has 0 aliphatic heterocycles. The Kier molecular flexibility index (Phi) is 5.27. The normalized spacial score (nSPS) is 11.4. The number of benzene rings is 1. The zero-order chi connectivity index (χ0) is 19.8. The highest BCUT2D eigenvalue weighted by molar-refractivity contribution is 7.90. The van der Waals surface area contributed by atoms with Gasteiger partial charge in [0, 0.05) is 49.6 Å². The van der Waals surface area contributed by atoms with Crippen molar-refractivity contribution in [2.24, 2.45) is 0 Å². The lowest BCUT2D eigenvalue weighted by molar-refractivity contribution is 0.601. The minimum absolute atomic E-state index is 0.0900. The second-order valence-corrected chi connectivity index (χ2v) is 8.83. The van der Waals surface area contributed by atoms with Gasteiger partial charge in [0.1, 0.15) is 0 Å². The minimum Gasteiger partial charge on any atom is -0.346 e. The second kappa shape index (κ2) is 7.34. The molecule has 2 N–H and O–H groups in total. The van der Waals surface area contributed by atoms with Crippen molar-refractivity contribution in [3.63, 3.8) is 0 Å². The van der Waals surface area contributed by atoms with Gasteiger partial charge in [0.05, 0.1) is 14.9 Å². The van der Waals surface area contributed by atoms with Gasteiger partial charge in [-0.2, -0.15) is 4.98 Å². The molecule has 0 fully saturated rings. The Hall–Kier alpha value is -2.36. The molecule has 0 amide bonds. The van der Waals surface area contributed by atoms with Gasteiger partial charge >= 0.3 is 0 Å². The van der Waals surface area contributed by atoms with Gasteiger partial charge in [-0.1, -0.05) is 23.2 Å². The number of hydrogen-bond donors (Lipinski definition) is 2. The van der Waals surface area contributed by atoms with Gasteiger partial charge in [-0.25, -0.2) is 13.5 Å². The number of anilines is 3. The van der Waals surface area contributed by atoms with Crippen molar-refractivity contribution in [2.75, 3.05) is 30.6 Å². The quantitative estimate of drug-likeness (QED) is 0.643. The molecule has 0 saturated heterocycles. The van der Waals surface area contributed by atoms with Crippen molar-refractivity contribution in [2.45, 2.75) is 4.90 Å². The fourth-order valence-corrected chi connectivity index (χ4v) is 3.62. The summed E-state index contributed by atoms with van der Waals surface area (Å²) >= 11 is 12.8. The van der Waals surface area contributed by atoms with E-state index < -0.39 is 9.84 Å². The summed E-state index contributed by atoms with van der Waals surface area (Å²) in [5.74, 6) is 0.953. The van der Waals surface area contributed by atoms with Crippen LogP contribution < -0.4 is 10.2 Å². The molecule has 0 unspecified atom stereocenters. The van der Waals surface area contributed by atoms with E-state index in [1.54, 1.807) is 17.0 Å². The van der Waals surface area contributed by atoms with E-state index in [9.17, 15) is 8.42 Å². The fraction of sp³-hybridized carbons (Fsp3) is 0.188. The first-order valence-corrected chi connectivity index (χ1v) is 10.3. The van der Waals surface area contributed by atoms with Crippen molar-refractivity contribution in [3.8, 4) is 11.1 Å². The Bertz CT molecular complexity index is 1070. The SMILES string of the molecule is CN(C)c1n[nH]c(Nc2cc(Cl)c(-c3cncc(S(C)(=O)=O)c3)c(Cl)c2)n1. The van der Waals surface area contributed by atoms with Crippen molar-refractivity contribution in [3.05, 3.63) is 40.6 Å². The van der Waals surface area contributed by atoms with Gasteiger partial charge in [0.2, 0.25) is 11.9 Å². The van der Waals surface area contributed by atoms with Gasteiger partial charge in [-0.15, -0.1) is 5.10 Å². The molecule has 0 radical (unpaired) electrons. The van der Waals surface area contributed by atoms with E-state index in [1.807, 2.05) is 14.1 Å². The number of halogens is 2. The molecule has 2 aromatic heterocycles. The predicted molar refractivity (Wildman–Crippen MR) is 107 cm³/mol. The molecule has 0 spiro atoms. The zero-order valence-corrected chi connectivity index (χ0v) is 17.0. The van der Waals surface area contributed by atoms with Gasteiger partial charge in [0.15, 0.2) is 9.84 Å². The van der Waals surface area contributed by atoms with Gasteiger partial charge in [-0.05, 0) is 18.2 Å². The Morgan fingerprint density at radius 3 is 2.33 bits per heavy atom. The summed E-state index contributed by atoms with van der Waals surface area (Å²) in [6.07, 6.45) is 3.90. The van der Waals surface area contributed by atoms with Crippen LogP contribution in [0, 0.1) is 0 Å². The third-order valence-electron chi connectivity index (χ3n) is 3.61. The molecule has 3 rings (SSSR count). The van der Waals surface area contributed by atoms with Crippen LogP contribution in [-0.2, 0) is 9.84 Å². The molecule has 2 heterocycles. The highest BCUT2D eigenvalue weighted by atomic mass is 35.5. The van der Waals surface area contributed by atoms with Crippen LogP contribution in [-0.4, -0.2) is 48.9 Å². The predicted octanol–water partition coefficient (Wildman–Crippen LogP) is 3.39. The topological polar surface area (TPSA) is 104 Å². The molecule has 27 heavy (non-hydrogen) atoms. The van der Waals surface area contributed by atoms with E-state index in [-0.39, 0.29) is 4.90 Å². The van der Waals surface area contributed by atoms with Crippen LogP contribution in [0.4, 0.5) is 17.6 Å². The third-order valence-corrected chi connectivity index (χ3v) is 5.28. The van der Waals surface area contributed by atoms with Crippen molar-refractivity contribution < 1.29 is 8.42 Å². The van der Waals surface area contributed by atoms with Crippen LogP contribution in [0.3, 0.4) is 0 Å². The number of rotatable bonds is 5. The second-order valence-electron chi connectivity index (χ2n) is 6.00. The standard InChI is InChI=1S/C16H16Cl2N6O2S/c1-24(2)16-21-15(22-23-16)20-10-5-12(17)14(13(18)6-10)9-4-11(8-19-7-9)27(3,25)26/h4-8H,1-3H3,(H2,20,21,22,23). The fourth-order valence-electron chi connectivity index (χ4n) is 2.32. The largest absolute Gasteiger partial charge is 0.346 e. The average molecular weight is 427 g/mol. The lowest BCUT2D eigenvalue weighted by atomic mass is 10.1. The maximum absolute atomic E-state index is 11.8. The maximum Gasteiger partial charge on any atom is 0.245 e. The maximum atomic E-state index is 11.8. The van der Waals surface area contributed by atoms with Gasteiger partial charge in [-0.3, -0.25) is 4.98 Å². The summed E-state index contributed by atoms with van der Waals surface area (Å²) in [5, 5.41) is 10.5. The van der Waals surface area contributed by atoms with Crippen LogP contribution in [0.25, 0.3) is 11.1 Å². The highest BCUT2D eigenvalue weighted by Crippen LogP contribution is 2.38. The lowest BCUT2D eigenvalue weighted by Crippen LogP contribution is -2.10. The number of nitrogens with one attached hydrogen (secondary N) is 2. The van der Waals surface area contributed by atoms with E-state index in [0.717, 1.165) is 6.26 Å². The molecule has 11 heteroatoms. The molecule has 0 bridgehead atoms. The van der Waals surface area contributed by atoms with E-state index in [1.165, 1.54) is 18.5 Å². The summed E-state index contributed by atoms with van der Waals surface area (Å²) < 4.78 is 23.5. The summed E-state index contributed by atoms with van der Waals surface area (Å²) in [5.41, 5.74) is 1.60. The Labute approximate surface area is 166 Å². The van der Waals surface area contributed by atoms with Crippen molar-refractivity contribution in [1.82, 2.24) is 20.2 Å². The number of hydrogen-bond acceptors (Lipinski definition) is 7. The molecule has 0 saturated carbocycles. The number of aromatic nitrogens is 4. The summed E-state index contributed by atoms with van der Waals surface area (Å²) in [6, 6.07) is 4.81. The summed E-state index contributed by atoms with van der Waals surface area (Å²) in [6.45, 7) is 0. The van der Waals surface area contributed by atoms with E-state index in [0.29, 0.717) is 38.8 Å². The van der Waals surface area contributed by atoms with Crippen LogP contribution >= 0.6 is 23.2 Å². The van der Waals surface area contributed by atoms with Crippen LogP contribution in [0.5, 0.6) is 0 Å². The molecule has 0 aliphatic rings. The first-order chi connectivity index (χ1) is 12.6. The molecule has 142 valence electrons. The average Bonchev–Trinajstić information content (AvgIpc) is 3.02. The van der Waals surface area contributed by atoms with E-state index >= 15 is 0 Å². The lowest BCUT2D eigenvalue weighted by Gasteiger charge is -2.11.